The van der Waals surface area contributed by atoms with Gasteiger partial charge in [-0.1, -0.05) is 0 Å². The van der Waals surface area contributed by atoms with E-state index >= 15 is 0 Å². The van der Waals surface area contributed by atoms with Gasteiger partial charge in [-0.15, -0.1) is 0 Å². The molecule has 2 heterocycles. The first-order valence-corrected chi connectivity index (χ1v) is 5.79. The van der Waals surface area contributed by atoms with Gasteiger partial charge in [-0.3, -0.25) is 9.36 Å². The van der Waals surface area contributed by atoms with E-state index < -0.39 is 0 Å². The Morgan fingerprint density at radius 2 is 1.89 bits per heavy atom. The minimum absolute atomic E-state index is 0.163. The first-order chi connectivity index (χ1) is 9.15. The summed E-state index contributed by atoms with van der Waals surface area (Å²) >= 11 is 0. The Bertz CT molecular complexity index is 807. The Labute approximate surface area is 108 Å². The van der Waals surface area contributed by atoms with Crippen LogP contribution in [0.15, 0.2) is 47.5 Å². The fraction of sp³-hybridized carbons (Fsp3) is 0.0714. The number of aromatic hydroxyl groups is 1. The summed E-state index contributed by atoms with van der Waals surface area (Å²) in [7, 11) is 0. The number of phenols is 1. The van der Waals surface area contributed by atoms with Gasteiger partial charge in [-0.05, 0) is 37.3 Å². The predicted molar refractivity (Wildman–Crippen MR) is 71.5 cm³/mol. The van der Waals surface area contributed by atoms with E-state index in [1.165, 1.54) is 22.9 Å². The SMILES string of the molecule is Cc1ncc2c(=O)n(-c3ccc(O)cc3)ccc2n1. The molecule has 19 heavy (non-hydrogen) atoms. The van der Waals surface area contributed by atoms with E-state index in [4.69, 9.17) is 0 Å². The van der Waals surface area contributed by atoms with Crippen molar-refractivity contribution in [2.24, 2.45) is 0 Å². The first-order valence-electron chi connectivity index (χ1n) is 5.79. The third kappa shape index (κ3) is 1.95. The molecule has 1 N–H and O–H groups in total. The van der Waals surface area contributed by atoms with E-state index in [2.05, 4.69) is 9.97 Å². The van der Waals surface area contributed by atoms with Gasteiger partial charge in [0.05, 0.1) is 10.9 Å². The lowest BCUT2D eigenvalue weighted by atomic mass is 10.2. The standard InChI is InChI=1S/C14H11N3O2/c1-9-15-8-12-13(16-9)6-7-17(14(12)19)10-2-4-11(18)5-3-10/h2-8,18H,1H3. The van der Waals surface area contributed by atoms with Crippen LogP contribution in [0.25, 0.3) is 16.6 Å². The van der Waals surface area contributed by atoms with Gasteiger partial charge in [0, 0.05) is 18.1 Å². The molecule has 0 aliphatic carbocycles. The summed E-state index contributed by atoms with van der Waals surface area (Å²) in [6.45, 7) is 1.78. The largest absolute Gasteiger partial charge is 0.508 e. The number of pyridine rings is 1. The van der Waals surface area contributed by atoms with Crippen molar-refractivity contribution in [2.75, 3.05) is 0 Å². The molecule has 0 radical (unpaired) electrons. The number of aryl methyl sites for hydroxylation is 1. The number of hydrogen-bond donors (Lipinski definition) is 1. The zero-order valence-electron chi connectivity index (χ0n) is 10.2. The number of nitrogens with zero attached hydrogens (tertiary/aromatic N) is 3. The van der Waals surface area contributed by atoms with Crippen molar-refractivity contribution in [2.45, 2.75) is 6.92 Å². The summed E-state index contributed by atoms with van der Waals surface area (Å²) in [5.74, 6) is 0.797. The quantitative estimate of drug-likeness (QED) is 0.718. The van der Waals surface area contributed by atoms with Crippen LogP contribution in [0, 0.1) is 6.92 Å². The molecule has 0 saturated carbocycles. The Morgan fingerprint density at radius 1 is 1.16 bits per heavy atom. The topological polar surface area (TPSA) is 68.0 Å². The van der Waals surface area contributed by atoms with Gasteiger partial charge in [0.2, 0.25) is 0 Å². The number of hydrogen-bond acceptors (Lipinski definition) is 4. The molecule has 0 atom stereocenters. The molecule has 1 aromatic carbocycles. The predicted octanol–water partition coefficient (Wildman–Crippen LogP) is 1.79. The normalized spacial score (nSPS) is 10.8. The number of rotatable bonds is 1. The van der Waals surface area contributed by atoms with Crippen molar-refractivity contribution < 1.29 is 5.11 Å². The highest BCUT2D eigenvalue weighted by Crippen LogP contribution is 2.13. The van der Waals surface area contributed by atoms with Crippen LogP contribution in [0.3, 0.4) is 0 Å². The smallest absolute Gasteiger partial charge is 0.266 e. The maximum Gasteiger partial charge on any atom is 0.266 e. The van der Waals surface area contributed by atoms with Gasteiger partial charge in [0.25, 0.3) is 5.56 Å². The molecule has 3 rings (SSSR count). The van der Waals surface area contributed by atoms with Gasteiger partial charge >= 0.3 is 0 Å². The molecule has 3 aromatic rings. The Kier molecular flexibility index (Phi) is 2.52. The average Bonchev–Trinajstić information content (AvgIpc) is 2.40. The molecular weight excluding hydrogens is 242 g/mol. The monoisotopic (exact) mass is 253 g/mol. The van der Waals surface area contributed by atoms with Gasteiger partial charge < -0.3 is 5.11 Å². The zero-order valence-corrected chi connectivity index (χ0v) is 10.2. The van der Waals surface area contributed by atoms with Crippen molar-refractivity contribution in [3.8, 4) is 11.4 Å². The molecule has 94 valence electrons. The van der Waals surface area contributed by atoms with Crippen LogP contribution in [-0.4, -0.2) is 19.6 Å². The lowest BCUT2D eigenvalue weighted by Crippen LogP contribution is -2.18. The molecule has 0 aliphatic rings. The highest BCUT2D eigenvalue weighted by Gasteiger charge is 2.06. The van der Waals surface area contributed by atoms with E-state index in [-0.39, 0.29) is 11.3 Å². The van der Waals surface area contributed by atoms with Crippen molar-refractivity contribution in [1.29, 1.82) is 0 Å². The zero-order chi connectivity index (χ0) is 13.4. The maximum atomic E-state index is 12.3. The molecular formula is C14H11N3O2. The number of aromatic nitrogens is 3. The third-order valence-corrected chi connectivity index (χ3v) is 2.90. The highest BCUT2D eigenvalue weighted by atomic mass is 16.3. The van der Waals surface area contributed by atoms with Crippen LogP contribution in [0.4, 0.5) is 0 Å². The van der Waals surface area contributed by atoms with E-state index in [0.717, 1.165) is 0 Å². The average molecular weight is 253 g/mol. The molecule has 5 heteroatoms. The summed E-state index contributed by atoms with van der Waals surface area (Å²) in [5, 5.41) is 9.74. The molecule has 0 spiro atoms. The van der Waals surface area contributed by atoms with Crippen molar-refractivity contribution in [3.05, 3.63) is 58.9 Å². The van der Waals surface area contributed by atoms with E-state index in [1.807, 2.05) is 0 Å². The van der Waals surface area contributed by atoms with Crippen LogP contribution >= 0.6 is 0 Å². The Hall–Kier alpha value is -2.69. The maximum absolute atomic E-state index is 12.3. The fourth-order valence-electron chi connectivity index (χ4n) is 1.94. The van der Waals surface area contributed by atoms with Crippen molar-refractivity contribution in [3.63, 3.8) is 0 Å². The minimum atomic E-state index is -0.178. The molecule has 0 fully saturated rings. The molecule has 5 nitrogen and oxygen atoms in total. The summed E-state index contributed by atoms with van der Waals surface area (Å²) in [6.07, 6.45) is 3.21. The number of phenolic OH excluding ortho intramolecular Hbond substituents is 1. The van der Waals surface area contributed by atoms with E-state index in [0.29, 0.717) is 22.4 Å². The van der Waals surface area contributed by atoms with Crippen LogP contribution in [0.2, 0.25) is 0 Å². The van der Waals surface area contributed by atoms with Crippen LogP contribution in [0.5, 0.6) is 5.75 Å². The van der Waals surface area contributed by atoms with Crippen LogP contribution in [-0.2, 0) is 0 Å². The summed E-state index contributed by atoms with van der Waals surface area (Å²) in [4.78, 5) is 20.6. The fourth-order valence-corrected chi connectivity index (χ4v) is 1.94. The lowest BCUT2D eigenvalue weighted by Gasteiger charge is -2.07. The lowest BCUT2D eigenvalue weighted by molar-refractivity contribution is 0.475. The van der Waals surface area contributed by atoms with Gasteiger partial charge in [0.15, 0.2) is 0 Å². The third-order valence-electron chi connectivity index (χ3n) is 2.90. The molecule has 0 saturated heterocycles. The minimum Gasteiger partial charge on any atom is -0.508 e. The molecule has 2 aromatic heterocycles. The first kappa shape index (κ1) is 11.4. The second-order valence-corrected chi connectivity index (χ2v) is 4.22. The second kappa shape index (κ2) is 4.20. The summed E-state index contributed by atoms with van der Waals surface area (Å²) in [5.41, 5.74) is 1.14. The van der Waals surface area contributed by atoms with Crippen LogP contribution in [0.1, 0.15) is 5.82 Å². The van der Waals surface area contributed by atoms with Crippen LogP contribution < -0.4 is 5.56 Å². The van der Waals surface area contributed by atoms with Crippen molar-refractivity contribution >= 4 is 10.9 Å². The highest BCUT2D eigenvalue weighted by molar-refractivity contribution is 5.76. The Balaban J connectivity index is 2.26. The molecule has 0 bridgehead atoms. The van der Waals surface area contributed by atoms with Crippen molar-refractivity contribution in [1.82, 2.24) is 14.5 Å². The van der Waals surface area contributed by atoms with Gasteiger partial charge in [-0.2, -0.15) is 0 Å². The molecule has 0 amide bonds. The van der Waals surface area contributed by atoms with E-state index in [1.54, 1.807) is 31.3 Å². The molecule has 0 aliphatic heterocycles. The Morgan fingerprint density at radius 3 is 2.63 bits per heavy atom. The summed E-state index contributed by atoms with van der Waals surface area (Å²) in [6, 6.07) is 8.21. The van der Waals surface area contributed by atoms with Gasteiger partial charge in [-0.25, -0.2) is 9.97 Å². The summed E-state index contributed by atoms with van der Waals surface area (Å²) < 4.78 is 1.50. The molecule has 0 unspecified atom stereocenters. The van der Waals surface area contributed by atoms with E-state index in [9.17, 15) is 9.90 Å². The number of fused-ring (bicyclic) bond motifs is 1. The number of benzene rings is 1. The second-order valence-electron chi connectivity index (χ2n) is 4.22. The van der Waals surface area contributed by atoms with Gasteiger partial charge in [0.1, 0.15) is 11.6 Å².